The molecule has 7 nitrogen and oxygen atoms in total. The van der Waals surface area contributed by atoms with Gasteiger partial charge in [-0.2, -0.15) is 0 Å². The first-order chi connectivity index (χ1) is 11.6. The Balaban J connectivity index is 1.81. The Morgan fingerprint density at radius 2 is 2.00 bits per heavy atom. The van der Waals surface area contributed by atoms with Crippen LogP contribution in [0.5, 0.6) is 0 Å². The highest BCUT2D eigenvalue weighted by Gasteiger charge is 2.33. The number of benzene rings is 1. The normalized spacial score (nSPS) is 20.3. The summed E-state index contributed by atoms with van der Waals surface area (Å²) < 4.78 is 15.6. The molecule has 1 aliphatic heterocycles. The third-order valence-electron chi connectivity index (χ3n) is 3.90. The van der Waals surface area contributed by atoms with Gasteiger partial charge in [-0.15, -0.1) is 0 Å². The average molecular weight is 336 g/mol. The minimum atomic E-state index is -0.490. The van der Waals surface area contributed by atoms with Gasteiger partial charge < -0.3 is 24.4 Å². The van der Waals surface area contributed by atoms with Crippen LogP contribution in [0.25, 0.3) is 0 Å². The Morgan fingerprint density at radius 3 is 2.67 bits per heavy atom. The van der Waals surface area contributed by atoms with Crippen molar-refractivity contribution in [2.24, 2.45) is 0 Å². The van der Waals surface area contributed by atoms with Crippen LogP contribution in [0.2, 0.25) is 0 Å². The van der Waals surface area contributed by atoms with Crippen molar-refractivity contribution >= 4 is 12.2 Å². The number of piperidine rings is 1. The second-order valence-corrected chi connectivity index (χ2v) is 5.52. The number of nitrogens with zero attached hydrogens (tertiary/aromatic N) is 1. The van der Waals surface area contributed by atoms with Gasteiger partial charge in [0.25, 0.3) is 0 Å². The highest BCUT2D eigenvalue weighted by Crippen LogP contribution is 2.15. The Hall–Kier alpha value is -2.28. The molecule has 0 aliphatic carbocycles. The molecule has 1 aliphatic rings. The van der Waals surface area contributed by atoms with Crippen LogP contribution in [0.1, 0.15) is 18.9 Å². The van der Waals surface area contributed by atoms with Gasteiger partial charge in [-0.25, -0.2) is 9.59 Å². The number of hydrogen-bond acceptors (Lipinski definition) is 5. The molecule has 1 aromatic rings. The zero-order chi connectivity index (χ0) is 17.4. The topological polar surface area (TPSA) is 77.1 Å². The lowest BCUT2D eigenvalue weighted by molar-refractivity contribution is 0.00318. The van der Waals surface area contributed by atoms with Crippen molar-refractivity contribution in [1.29, 1.82) is 0 Å². The van der Waals surface area contributed by atoms with E-state index in [1.807, 2.05) is 30.3 Å². The molecule has 0 unspecified atom stereocenters. The summed E-state index contributed by atoms with van der Waals surface area (Å²) >= 11 is 0. The van der Waals surface area contributed by atoms with Crippen LogP contribution in [0, 0.1) is 0 Å². The van der Waals surface area contributed by atoms with Crippen LogP contribution in [0.4, 0.5) is 9.59 Å². The van der Waals surface area contributed by atoms with E-state index >= 15 is 0 Å². The predicted octanol–water partition coefficient (Wildman–Crippen LogP) is 2.16. The van der Waals surface area contributed by atoms with Crippen LogP contribution >= 0.6 is 0 Å². The van der Waals surface area contributed by atoms with Crippen molar-refractivity contribution in [3.63, 3.8) is 0 Å². The summed E-state index contributed by atoms with van der Waals surface area (Å²) in [6.45, 7) is 3.19. The minimum absolute atomic E-state index is 0.205. The van der Waals surface area contributed by atoms with Crippen LogP contribution in [0.15, 0.2) is 30.3 Å². The lowest BCUT2D eigenvalue weighted by Gasteiger charge is -2.37. The molecule has 0 spiro atoms. The molecule has 2 rings (SSSR count). The first-order valence-electron chi connectivity index (χ1n) is 8.05. The van der Waals surface area contributed by atoms with Crippen molar-refractivity contribution < 1.29 is 23.8 Å². The number of carbonyl (C=O) groups is 2. The number of hydrogen-bond donors (Lipinski definition) is 1. The molecule has 7 heteroatoms. The van der Waals surface area contributed by atoms with Crippen LogP contribution < -0.4 is 5.32 Å². The SMILES string of the molecule is CCOC(=O)N1CC[C@H](NC(=O)OCc2ccccc2)[C@H](OC)C1. The molecule has 1 saturated heterocycles. The van der Waals surface area contributed by atoms with Gasteiger partial charge in [0.1, 0.15) is 6.61 Å². The van der Waals surface area contributed by atoms with E-state index in [2.05, 4.69) is 5.32 Å². The fourth-order valence-corrected chi connectivity index (χ4v) is 2.62. The Bertz CT molecular complexity index is 537. The molecule has 0 radical (unpaired) electrons. The smallest absolute Gasteiger partial charge is 0.409 e. The number of amides is 2. The van der Waals surface area contributed by atoms with Gasteiger partial charge in [-0.3, -0.25) is 0 Å². The number of ether oxygens (including phenoxy) is 3. The van der Waals surface area contributed by atoms with Gasteiger partial charge in [-0.05, 0) is 18.9 Å². The molecular formula is C17H24N2O5. The van der Waals surface area contributed by atoms with Crippen molar-refractivity contribution in [2.75, 3.05) is 26.8 Å². The Kier molecular flexibility index (Phi) is 6.87. The summed E-state index contributed by atoms with van der Waals surface area (Å²) in [6.07, 6.45) is -0.565. The number of alkyl carbamates (subject to hydrolysis) is 1. The van der Waals surface area contributed by atoms with Crippen molar-refractivity contribution in [3.8, 4) is 0 Å². The quantitative estimate of drug-likeness (QED) is 0.891. The second kappa shape index (κ2) is 9.12. The lowest BCUT2D eigenvalue weighted by atomic mass is 10.0. The van der Waals surface area contributed by atoms with Gasteiger partial charge >= 0.3 is 12.2 Å². The number of likely N-dealkylation sites (tertiary alicyclic amines) is 1. The summed E-state index contributed by atoms with van der Waals surface area (Å²) in [5.41, 5.74) is 0.924. The Labute approximate surface area is 141 Å². The first-order valence-corrected chi connectivity index (χ1v) is 8.05. The van der Waals surface area contributed by atoms with E-state index in [0.29, 0.717) is 26.1 Å². The highest BCUT2D eigenvalue weighted by molar-refractivity contribution is 5.69. The number of carbonyl (C=O) groups excluding carboxylic acids is 2. The molecular weight excluding hydrogens is 312 g/mol. The molecule has 24 heavy (non-hydrogen) atoms. The minimum Gasteiger partial charge on any atom is -0.450 e. The third kappa shape index (κ3) is 5.13. The molecule has 0 bridgehead atoms. The van der Waals surface area contributed by atoms with Gasteiger partial charge in [0.2, 0.25) is 0 Å². The maximum absolute atomic E-state index is 12.0. The summed E-state index contributed by atoms with van der Waals surface area (Å²) in [7, 11) is 1.56. The first kappa shape index (κ1) is 18.1. The lowest BCUT2D eigenvalue weighted by Crippen LogP contribution is -2.56. The maximum atomic E-state index is 12.0. The molecule has 1 fully saturated rings. The highest BCUT2D eigenvalue weighted by atomic mass is 16.6. The molecule has 0 aromatic heterocycles. The van der Waals surface area contributed by atoms with Crippen molar-refractivity contribution in [3.05, 3.63) is 35.9 Å². The zero-order valence-corrected chi connectivity index (χ0v) is 14.1. The molecule has 1 heterocycles. The molecule has 1 aromatic carbocycles. The van der Waals surface area contributed by atoms with E-state index in [9.17, 15) is 9.59 Å². The molecule has 2 amide bonds. The fourth-order valence-electron chi connectivity index (χ4n) is 2.62. The third-order valence-corrected chi connectivity index (χ3v) is 3.90. The van der Waals surface area contributed by atoms with Crippen molar-refractivity contribution in [2.45, 2.75) is 32.1 Å². The summed E-state index contributed by atoms with van der Waals surface area (Å²) in [5.74, 6) is 0. The fraction of sp³-hybridized carbons (Fsp3) is 0.529. The molecule has 2 atom stereocenters. The van der Waals surface area contributed by atoms with E-state index in [4.69, 9.17) is 14.2 Å². The number of nitrogens with one attached hydrogen (secondary N) is 1. The Morgan fingerprint density at radius 1 is 1.25 bits per heavy atom. The van der Waals surface area contributed by atoms with E-state index in [1.165, 1.54) is 0 Å². The zero-order valence-electron chi connectivity index (χ0n) is 14.1. The van der Waals surface area contributed by atoms with Gasteiger partial charge in [0.15, 0.2) is 0 Å². The molecule has 1 N–H and O–H groups in total. The maximum Gasteiger partial charge on any atom is 0.409 e. The van der Waals surface area contributed by atoms with Crippen molar-refractivity contribution in [1.82, 2.24) is 10.2 Å². The molecule has 0 saturated carbocycles. The summed E-state index contributed by atoms with van der Waals surface area (Å²) in [6, 6.07) is 9.27. The monoisotopic (exact) mass is 336 g/mol. The van der Waals surface area contributed by atoms with Crippen LogP contribution in [-0.2, 0) is 20.8 Å². The van der Waals surface area contributed by atoms with Crippen LogP contribution in [-0.4, -0.2) is 56.0 Å². The summed E-state index contributed by atoms with van der Waals surface area (Å²) in [4.78, 5) is 25.3. The van der Waals surface area contributed by atoms with E-state index in [1.54, 1.807) is 18.9 Å². The predicted molar refractivity (Wildman–Crippen MR) is 87.6 cm³/mol. The second-order valence-electron chi connectivity index (χ2n) is 5.52. The summed E-state index contributed by atoms with van der Waals surface area (Å²) in [5, 5.41) is 2.82. The van der Waals surface area contributed by atoms with Crippen LogP contribution in [0.3, 0.4) is 0 Å². The van der Waals surface area contributed by atoms with E-state index in [0.717, 1.165) is 5.56 Å². The van der Waals surface area contributed by atoms with Gasteiger partial charge in [-0.1, -0.05) is 30.3 Å². The van der Waals surface area contributed by atoms with Gasteiger partial charge in [0, 0.05) is 13.7 Å². The average Bonchev–Trinajstić information content (AvgIpc) is 2.61. The molecule has 132 valence electrons. The number of methoxy groups -OCH3 is 1. The van der Waals surface area contributed by atoms with E-state index in [-0.39, 0.29) is 24.8 Å². The van der Waals surface area contributed by atoms with Gasteiger partial charge in [0.05, 0.1) is 25.3 Å². The number of rotatable bonds is 5. The standard InChI is InChI=1S/C17H24N2O5/c1-3-23-17(21)19-10-9-14(15(11-19)22-2)18-16(20)24-12-13-7-5-4-6-8-13/h4-8,14-15H,3,9-12H2,1-2H3,(H,18,20)/t14-,15+/m0/s1. The van der Waals surface area contributed by atoms with E-state index < -0.39 is 6.09 Å². The largest absolute Gasteiger partial charge is 0.450 e.